The average Bonchev–Trinajstić information content (AvgIpc) is 2.69. The van der Waals surface area contributed by atoms with Crippen molar-refractivity contribution in [2.45, 2.75) is 26.0 Å². The van der Waals surface area contributed by atoms with Crippen LogP contribution in [0.2, 0.25) is 0 Å². The first-order chi connectivity index (χ1) is 12.8. The first-order valence-corrected chi connectivity index (χ1v) is 8.66. The lowest BCUT2D eigenvalue weighted by Crippen LogP contribution is -2.32. The lowest BCUT2D eigenvalue weighted by Gasteiger charge is -2.07. The van der Waals surface area contributed by atoms with Crippen molar-refractivity contribution in [1.82, 2.24) is 0 Å². The number of benzene rings is 1. The molecule has 0 spiro atoms. The summed E-state index contributed by atoms with van der Waals surface area (Å²) in [6.07, 6.45) is 5.98. The average molecular weight is 360 g/mol. The minimum Gasteiger partial charge on any atom is -0.482 e. The highest BCUT2D eigenvalue weighted by Crippen LogP contribution is 2.08. The van der Waals surface area contributed by atoms with E-state index < -0.39 is 0 Å². The van der Waals surface area contributed by atoms with Gasteiger partial charge in [-0.15, -0.1) is 0 Å². The molecule has 0 unspecified atom stereocenters. The minimum absolute atomic E-state index is 0.0952. The first kappa shape index (κ1) is 19.9. The summed E-state index contributed by atoms with van der Waals surface area (Å²) in [6.45, 7) is 2.11. The summed E-state index contributed by atoms with van der Waals surface area (Å²) in [7, 11) is 1.62. The monoisotopic (exact) mass is 360 g/mol. The molecule has 1 aromatic carbocycles. The molecule has 6 nitrogen and oxygen atoms in total. The Morgan fingerprint density at radius 3 is 2.54 bits per heavy atom. The summed E-state index contributed by atoms with van der Waals surface area (Å²) >= 11 is 0. The Labute approximate surface area is 154 Å². The molecule has 140 valence electrons. The van der Waals surface area contributed by atoms with Crippen LogP contribution in [0.25, 0.3) is 0 Å². The van der Waals surface area contributed by atoms with Gasteiger partial charge in [-0.3, -0.25) is 0 Å². The van der Waals surface area contributed by atoms with Crippen LogP contribution in [0.3, 0.4) is 0 Å². The molecule has 2 aromatic rings. The normalized spacial score (nSPS) is 10.5. The standard InChI is InChI=1S/C20H26NO5/c1-23-17-24-14-6-5-11-21-12-9-18(10-13-21)15-26-20(22)16-25-19-7-3-2-4-8-19/h2-4,7-10,12-13H,5-6,11,14-17H2,1H3/q+1. The van der Waals surface area contributed by atoms with Gasteiger partial charge in [0.05, 0.1) is 0 Å². The first-order valence-electron chi connectivity index (χ1n) is 8.66. The van der Waals surface area contributed by atoms with E-state index in [1.54, 1.807) is 19.2 Å². The molecule has 0 aliphatic rings. The number of hydrogen-bond donors (Lipinski definition) is 0. The van der Waals surface area contributed by atoms with E-state index in [1.165, 1.54) is 0 Å². The Kier molecular flexibility index (Phi) is 9.18. The van der Waals surface area contributed by atoms with Crippen LogP contribution in [-0.2, 0) is 32.2 Å². The van der Waals surface area contributed by atoms with E-state index in [1.807, 2.05) is 42.7 Å². The second kappa shape index (κ2) is 12.0. The molecule has 0 bridgehead atoms. The molecule has 1 heterocycles. The van der Waals surface area contributed by atoms with Crippen molar-refractivity contribution in [3.63, 3.8) is 0 Å². The van der Waals surface area contributed by atoms with Crippen molar-refractivity contribution >= 4 is 5.97 Å². The van der Waals surface area contributed by atoms with E-state index in [9.17, 15) is 4.79 Å². The number of pyridine rings is 1. The predicted molar refractivity (Wildman–Crippen MR) is 95.4 cm³/mol. The number of aromatic nitrogens is 1. The maximum atomic E-state index is 11.7. The fourth-order valence-electron chi connectivity index (χ4n) is 2.24. The maximum Gasteiger partial charge on any atom is 0.344 e. The molecular formula is C20H26NO5+. The number of unbranched alkanes of at least 4 members (excludes halogenated alkanes) is 1. The lowest BCUT2D eigenvalue weighted by molar-refractivity contribution is -0.697. The van der Waals surface area contributed by atoms with Crippen molar-refractivity contribution in [2.24, 2.45) is 0 Å². The number of hydrogen-bond acceptors (Lipinski definition) is 5. The molecule has 6 heteroatoms. The van der Waals surface area contributed by atoms with E-state index in [2.05, 4.69) is 4.57 Å². The molecule has 0 radical (unpaired) electrons. The van der Waals surface area contributed by atoms with Gasteiger partial charge in [0.2, 0.25) is 0 Å². The number of ether oxygens (including phenoxy) is 4. The van der Waals surface area contributed by atoms with Gasteiger partial charge in [0, 0.05) is 37.8 Å². The molecule has 2 rings (SSSR count). The van der Waals surface area contributed by atoms with Gasteiger partial charge >= 0.3 is 5.97 Å². The van der Waals surface area contributed by atoms with Gasteiger partial charge in [-0.05, 0) is 18.6 Å². The van der Waals surface area contributed by atoms with Gasteiger partial charge in [-0.2, -0.15) is 0 Å². The van der Waals surface area contributed by atoms with Crippen molar-refractivity contribution < 1.29 is 28.3 Å². The molecule has 0 N–H and O–H groups in total. The smallest absolute Gasteiger partial charge is 0.344 e. The van der Waals surface area contributed by atoms with Crippen LogP contribution in [0.1, 0.15) is 18.4 Å². The number of rotatable bonds is 12. The van der Waals surface area contributed by atoms with Crippen molar-refractivity contribution in [3.05, 3.63) is 60.4 Å². The van der Waals surface area contributed by atoms with E-state index in [4.69, 9.17) is 18.9 Å². The third kappa shape index (κ3) is 8.09. The van der Waals surface area contributed by atoms with E-state index in [-0.39, 0.29) is 19.2 Å². The second-order valence-electron chi connectivity index (χ2n) is 5.73. The van der Waals surface area contributed by atoms with Crippen LogP contribution in [0.15, 0.2) is 54.9 Å². The summed E-state index contributed by atoms with van der Waals surface area (Å²) in [5, 5.41) is 0. The Bertz CT molecular complexity index is 630. The second-order valence-corrected chi connectivity index (χ2v) is 5.73. The minimum atomic E-state index is -0.387. The van der Waals surface area contributed by atoms with Crippen LogP contribution in [-0.4, -0.2) is 33.1 Å². The molecule has 0 aliphatic carbocycles. The Hall–Kier alpha value is -2.44. The van der Waals surface area contributed by atoms with Crippen LogP contribution >= 0.6 is 0 Å². The highest BCUT2D eigenvalue weighted by Gasteiger charge is 2.06. The number of carbonyl (C=O) groups excluding carboxylic acids is 1. The summed E-state index contributed by atoms with van der Waals surface area (Å²) < 4.78 is 22.8. The largest absolute Gasteiger partial charge is 0.482 e. The fraction of sp³-hybridized carbons (Fsp3) is 0.400. The van der Waals surface area contributed by atoms with Crippen molar-refractivity contribution in [1.29, 1.82) is 0 Å². The number of aryl methyl sites for hydroxylation is 1. The number of carbonyl (C=O) groups is 1. The topological polar surface area (TPSA) is 57.9 Å². The van der Waals surface area contributed by atoms with Crippen molar-refractivity contribution in [2.75, 3.05) is 27.1 Å². The molecule has 0 saturated carbocycles. The van der Waals surface area contributed by atoms with E-state index in [0.717, 1.165) is 24.9 Å². The summed E-state index contributed by atoms with van der Waals surface area (Å²) in [5.41, 5.74) is 0.942. The number of esters is 1. The summed E-state index contributed by atoms with van der Waals surface area (Å²) in [4.78, 5) is 11.7. The Morgan fingerprint density at radius 1 is 1.04 bits per heavy atom. The van der Waals surface area contributed by atoms with Crippen LogP contribution in [0, 0.1) is 0 Å². The number of methoxy groups -OCH3 is 1. The zero-order valence-corrected chi connectivity index (χ0v) is 15.1. The van der Waals surface area contributed by atoms with Gasteiger partial charge < -0.3 is 18.9 Å². The van der Waals surface area contributed by atoms with E-state index in [0.29, 0.717) is 19.1 Å². The Balaban J connectivity index is 1.61. The number of para-hydroxylation sites is 1. The molecular weight excluding hydrogens is 334 g/mol. The summed E-state index contributed by atoms with van der Waals surface area (Å²) in [6, 6.07) is 13.1. The highest BCUT2D eigenvalue weighted by atomic mass is 16.7. The van der Waals surface area contributed by atoms with Crippen LogP contribution in [0.4, 0.5) is 0 Å². The third-order valence-electron chi connectivity index (χ3n) is 3.62. The fourth-order valence-corrected chi connectivity index (χ4v) is 2.24. The quantitative estimate of drug-likeness (QED) is 0.252. The Morgan fingerprint density at radius 2 is 1.81 bits per heavy atom. The molecule has 0 atom stereocenters. The van der Waals surface area contributed by atoms with Gasteiger partial charge in [-0.1, -0.05) is 18.2 Å². The molecule has 1 aromatic heterocycles. The van der Waals surface area contributed by atoms with Gasteiger partial charge in [-0.25, -0.2) is 9.36 Å². The maximum absolute atomic E-state index is 11.7. The molecule has 26 heavy (non-hydrogen) atoms. The highest BCUT2D eigenvalue weighted by molar-refractivity contribution is 5.71. The number of nitrogens with zero attached hydrogens (tertiary/aromatic N) is 1. The van der Waals surface area contributed by atoms with E-state index >= 15 is 0 Å². The van der Waals surface area contributed by atoms with Crippen LogP contribution in [0.5, 0.6) is 5.75 Å². The molecule has 0 fully saturated rings. The third-order valence-corrected chi connectivity index (χ3v) is 3.62. The van der Waals surface area contributed by atoms with Crippen LogP contribution < -0.4 is 9.30 Å². The molecule has 0 amide bonds. The lowest BCUT2D eigenvalue weighted by atomic mass is 10.2. The molecule has 0 aliphatic heterocycles. The zero-order chi connectivity index (χ0) is 18.5. The van der Waals surface area contributed by atoms with Gasteiger partial charge in [0.15, 0.2) is 19.0 Å². The summed E-state index contributed by atoms with van der Waals surface area (Å²) in [5.74, 6) is 0.263. The SMILES string of the molecule is COCOCCCC[n+]1ccc(COC(=O)COc2ccccc2)cc1. The van der Waals surface area contributed by atoms with Crippen molar-refractivity contribution in [3.8, 4) is 5.75 Å². The zero-order valence-electron chi connectivity index (χ0n) is 15.1. The predicted octanol–water partition coefficient (Wildman–Crippen LogP) is 2.50. The van der Waals surface area contributed by atoms with Gasteiger partial charge in [0.1, 0.15) is 25.7 Å². The van der Waals surface area contributed by atoms with Gasteiger partial charge in [0.25, 0.3) is 0 Å². The molecule has 0 saturated heterocycles.